The van der Waals surface area contributed by atoms with Gasteiger partial charge in [0.1, 0.15) is 0 Å². The van der Waals surface area contributed by atoms with Gasteiger partial charge in [0, 0.05) is 18.6 Å². The summed E-state index contributed by atoms with van der Waals surface area (Å²) in [5, 5.41) is 0. The average Bonchev–Trinajstić information content (AvgIpc) is 2.45. The van der Waals surface area contributed by atoms with Gasteiger partial charge in [0.05, 0.1) is 6.61 Å². The van der Waals surface area contributed by atoms with Crippen LogP contribution in [0.4, 0.5) is 0 Å². The minimum atomic E-state index is 0.356. The number of hydrogen-bond acceptors (Lipinski definition) is 2. The lowest BCUT2D eigenvalue weighted by molar-refractivity contribution is 0.136. The van der Waals surface area contributed by atoms with Gasteiger partial charge < -0.3 is 10.5 Å². The van der Waals surface area contributed by atoms with Gasteiger partial charge in [-0.3, -0.25) is 0 Å². The number of hydrogen-bond donors (Lipinski definition) is 1. The maximum Gasteiger partial charge on any atom is 0.0533 e. The number of rotatable bonds is 3. The molecule has 2 nitrogen and oxygen atoms in total. The van der Waals surface area contributed by atoms with E-state index < -0.39 is 0 Å². The minimum Gasteiger partial charge on any atom is -0.384 e. The molecule has 0 radical (unpaired) electrons. The van der Waals surface area contributed by atoms with Crippen molar-refractivity contribution in [2.24, 2.45) is 11.1 Å². The highest BCUT2D eigenvalue weighted by Gasteiger charge is 2.50. The van der Waals surface area contributed by atoms with Crippen LogP contribution in [0.15, 0.2) is 0 Å². The number of nitrogens with two attached hydrogens (primary N) is 1. The Hall–Kier alpha value is -0.0800. The van der Waals surface area contributed by atoms with E-state index >= 15 is 0 Å². The molecule has 1 saturated carbocycles. The van der Waals surface area contributed by atoms with E-state index in [0.717, 1.165) is 19.4 Å². The zero-order chi connectivity index (χ0) is 6.91. The second kappa shape index (κ2) is 2.27. The van der Waals surface area contributed by atoms with Gasteiger partial charge >= 0.3 is 0 Å². The Morgan fingerprint density at radius 1 is 1.78 bits per heavy atom. The van der Waals surface area contributed by atoms with Crippen LogP contribution in [0.5, 0.6) is 0 Å². The molecule has 1 fully saturated rings. The van der Waals surface area contributed by atoms with Crippen LogP contribution in [0.25, 0.3) is 0 Å². The molecule has 1 rings (SSSR count). The fourth-order valence-corrected chi connectivity index (χ4v) is 1.34. The molecule has 2 N–H and O–H groups in total. The van der Waals surface area contributed by atoms with Crippen molar-refractivity contribution >= 4 is 0 Å². The fourth-order valence-electron chi connectivity index (χ4n) is 1.34. The molecule has 0 spiro atoms. The quantitative estimate of drug-likeness (QED) is 0.610. The van der Waals surface area contributed by atoms with E-state index in [2.05, 4.69) is 6.92 Å². The van der Waals surface area contributed by atoms with E-state index in [0.29, 0.717) is 11.5 Å². The van der Waals surface area contributed by atoms with Gasteiger partial charge in [-0.15, -0.1) is 0 Å². The Kier molecular flexibility index (Phi) is 1.78. The third kappa shape index (κ3) is 1.10. The fraction of sp³-hybridized carbons (Fsp3) is 1.00. The molecular formula is C7H15NO. The van der Waals surface area contributed by atoms with Gasteiger partial charge in [-0.25, -0.2) is 0 Å². The predicted octanol–water partition coefficient (Wildman–Crippen LogP) is 0.760. The highest BCUT2D eigenvalue weighted by Crippen LogP contribution is 2.47. The van der Waals surface area contributed by atoms with Gasteiger partial charge in [-0.2, -0.15) is 0 Å². The molecule has 2 unspecified atom stereocenters. The van der Waals surface area contributed by atoms with Crippen LogP contribution in [0.2, 0.25) is 0 Å². The average molecular weight is 129 g/mol. The van der Waals surface area contributed by atoms with Crippen molar-refractivity contribution < 1.29 is 4.74 Å². The first-order valence-corrected chi connectivity index (χ1v) is 3.49. The van der Waals surface area contributed by atoms with E-state index in [1.165, 1.54) is 0 Å². The summed E-state index contributed by atoms with van der Waals surface area (Å²) in [6.07, 6.45) is 2.30. The van der Waals surface area contributed by atoms with Crippen molar-refractivity contribution in [1.82, 2.24) is 0 Å². The Morgan fingerprint density at radius 2 is 2.33 bits per heavy atom. The predicted molar refractivity (Wildman–Crippen MR) is 37.2 cm³/mol. The van der Waals surface area contributed by atoms with Crippen LogP contribution in [0, 0.1) is 5.41 Å². The maximum absolute atomic E-state index is 5.72. The molecule has 0 aromatic carbocycles. The topological polar surface area (TPSA) is 35.2 Å². The molecule has 0 aromatic heterocycles. The lowest BCUT2D eigenvalue weighted by Crippen LogP contribution is -2.18. The van der Waals surface area contributed by atoms with E-state index in [-0.39, 0.29) is 0 Å². The van der Waals surface area contributed by atoms with Crippen molar-refractivity contribution in [3.8, 4) is 0 Å². The third-order valence-electron chi connectivity index (χ3n) is 2.39. The Morgan fingerprint density at radius 3 is 2.44 bits per heavy atom. The summed E-state index contributed by atoms with van der Waals surface area (Å²) in [7, 11) is 1.74. The largest absolute Gasteiger partial charge is 0.384 e. The number of ether oxygens (including phenoxy) is 1. The first-order chi connectivity index (χ1) is 4.25. The van der Waals surface area contributed by atoms with Gasteiger partial charge in [0.25, 0.3) is 0 Å². The zero-order valence-corrected chi connectivity index (χ0v) is 6.18. The first kappa shape index (κ1) is 7.03. The normalized spacial score (nSPS) is 41.0. The molecule has 2 atom stereocenters. The molecule has 0 aliphatic heterocycles. The van der Waals surface area contributed by atoms with Gasteiger partial charge in [0.2, 0.25) is 0 Å². The Labute approximate surface area is 56.4 Å². The van der Waals surface area contributed by atoms with Crippen LogP contribution < -0.4 is 5.73 Å². The van der Waals surface area contributed by atoms with Gasteiger partial charge in [-0.05, 0) is 12.8 Å². The highest BCUT2D eigenvalue weighted by atomic mass is 16.5. The first-order valence-electron chi connectivity index (χ1n) is 3.49. The van der Waals surface area contributed by atoms with Gasteiger partial charge in [0.15, 0.2) is 0 Å². The molecule has 0 bridgehead atoms. The summed E-state index contributed by atoms with van der Waals surface area (Å²) < 4.78 is 5.05. The van der Waals surface area contributed by atoms with Crippen LogP contribution >= 0.6 is 0 Å². The van der Waals surface area contributed by atoms with Crippen molar-refractivity contribution in [3.63, 3.8) is 0 Å². The Balaban J connectivity index is 2.33. The van der Waals surface area contributed by atoms with Crippen LogP contribution in [0.3, 0.4) is 0 Å². The molecule has 0 saturated heterocycles. The molecule has 0 heterocycles. The lowest BCUT2D eigenvalue weighted by atomic mass is 10.1. The maximum atomic E-state index is 5.72. The van der Waals surface area contributed by atoms with E-state index in [4.69, 9.17) is 10.5 Å². The van der Waals surface area contributed by atoms with E-state index in [1.807, 2.05) is 0 Å². The zero-order valence-electron chi connectivity index (χ0n) is 6.18. The summed E-state index contributed by atoms with van der Waals surface area (Å²) in [5.41, 5.74) is 6.07. The van der Waals surface area contributed by atoms with Gasteiger partial charge in [-0.1, -0.05) is 6.92 Å². The van der Waals surface area contributed by atoms with Crippen molar-refractivity contribution in [2.75, 3.05) is 13.7 Å². The van der Waals surface area contributed by atoms with Crippen molar-refractivity contribution in [1.29, 1.82) is 0 Å². The Bertz CT molecular complexity index is 101. The van der Waals surface area contributed by atoms with Crippen molar-refractivity contribution in [3.05, 3.63) is 0 Å². The molecular weight excluding hydrogens is 114 g/mol. The molecule has 9 heavy (non-hydrogen) atoms. The SMILES string of the molecule is CCC1(COC)CC1N. The van der Waals surface area contributed by atoms with Crippen LogP contribution in [-0.4, -0.2) is 19.8 Å². The smallest absolute Gasteiger partial charge is 0.0533 e. The molecule has 1 aliphatic rings. The molecule has 54 valence electrons. The van der Waals surface area contributed by atoms with Crippen LogP contribution in [0.1, 0.15) is 19.8 Å². The third-order valence-corrected chi connectivity index (χ3v) is 2.39. The monoisotopic (exact) mass is 129 g/mol. The second-order valence-electron chi connectivity index (χ2n) is 2.96. The number of methoxy groups -OCH3 is 1. The molecule has 0 aromatic rings. The van der Waals surface area contributed by atoms with E-state index in [1.54, 1.807) is 7.11 Å². The summed E-state index contributed by atoms with van der Waals surface area (Å²) >= 11 is 0. The molecule has 1 aliphatic carbocycles. The van der Waals surface area contributed by atoms with Crippen LogP contribution in [-0.2, 0) is 4.74 Å². The second-order valence-corrected chi connectivity index (χ2v) is 2.96. The summed E-state index contributed by atoms with van der Waals surface area (Å²) in [4.78, 5) is 0. The van der Waals surface area contributed by atoms with E-state index in [9.17, 15) is 0 Å². The molecule has 0 amide bonds. The summed E-state index contributed by atoms with van der Waals surface area (Å²) in [5.74, 6) is 0. The lowest BCUT2D eigenvalue weighted by Gasteiger charge is -2.10. The van der Waals surface area contributed by atoms with Crippen molar-refractivity contribution in [2.45, 2.75) is 25.8 Å². The minimum absolute atomic E-state index is 0.356. The summed E-state index contributed by atoms with van der Waals surface area (Å²) in [6.45, 7) is 3.01. The molecule has 2 heteroatoms. The summed E-state index contributed by atoms with van der Waals surface area (Å²) in [6, 6.07) is 0.405. The highest BCUT2D eigenvalue weighted by molar-refractivity contribution is 5.04. The standard InChI is InChI=1S/C7H15NO/c1-3-7(5-9-2)4-6(7)8/h6H,3-5,8H2,1-2H3.